The fraction of sp³-hybridized carbons (Fsp3) is 0.188. The third-order valence-corrected chi connectivity index (χ3v) is 4.07. The molecule has 0 fully saturated rings. The van der Waals surface area contributed by atoms with Crippen LogP contribution < -0.4 is 9.47 Å². The largest absolute Gasteiger partial charge is 0.497 e. The van der Waals surface area contributed by atoms with Crippen LogP contribution in [0.5, 0.6) is 11.5 Å². The molecule has 110 valence electrons. The molecule has 0 saturated heterocycles. The first-order valence-corrected chi connectivity index (χ1v) is 7.16. The third kappa shape index (κ3) is 3.25. The minimum atomic E-state index is -1.01. The summed E-state index contributed by atoms with van der Waals surface area (Å²) < 4.78 is 10.4. The van der Waals surface area contributed by atoms with Gasteiger partial charge in [-0.15, -0.1) is 11.3 Å². The molecule has 5 heteroatoms. The Labute approximate surface area is 127 Å². The molecule has 0 radical (unpaired) electrons. The first-order valence-electron chi connectivity index (χ1n) is 6.28. The van der Waals surface area contributed by atoms with Crippen molar-refractivity contribution in [3.63, 3.8) is 0 Å². The highest BCUT2D eigenvalue weighted by Gasteiger charge is 2.17. The lowest BCUT2D eigenvalue weighted by Crippen LogP contribution is -2.02. The summed E-state index contributed by atoms with van der Waals surface area (Å²) in [5, 5.41) is 11.5. The summed E-state index contributed by atoms with van der Waals surface area (Å²) in [5.41, 5.74) is 1.72. The van der Waals surface area contributed by atoms with Crippen LogP contribution in [0.2, 0.25) is 0 Å². The smallest absolute Gasteiger partial charge is 0.336 e. The lowest BCUT2D eigenvalue weighted by molar-refractivity contribution is -0.130. The van der Waals surface area contributed by atoms with Gasteiger partial charge in [-0.3, -0.25) is 0 Å². The highest BCUT2D eigenvalue weighted by molar-refractivity contribution is 7.11. The van der Waals surface area contributed by atoms with Crippen molar-refractivity contribution in [1.82, 2.24) is 0 Å². The van der Waals surface area contributed by atoms with Crippen molar-refractivity contribution in [3.8, 4) is 11.5 Å². The number of aliphatic carboxylic acids is 1. The number of aryl methyl sites for hydroxylation is 1. The highest BCUT2D eigenvalue weighted by atomic mass is 32.1. The fourth-order valence-electron chi connectivity index (χ4n) is 1.94. The maximum absolute atomic E-state index is 11.6. The molecule has 2 rings (SSSR count). The molecule has 0 unspecified atom stereocenters. The second-order valence-corrected chi connectivity index (χ2v) is 5.34. The summed E-state index contributed by atoms with van der Waals surface area (Å²) in [6.07, 6.45) is 1.67. The van der Waals surface area contributed by atoms with Crippen LogP contribution in [-0.4, -0.2) is 25.3 Å². The summed E-state index contributed by atoms with van der Waals surface area (Å²) in [7, 11) is 3.06. The number of benzene rings is 1. The summed E-state index contributed by atoms with van der Waals surface area (Å²) in [4.78, 5) is 12.6. The lowest BCUT2D eigenvalue weighted by atomic mass is 10.0. The van der Waals surface area contributed by atoms with Gasteiger partial charge in [0.1, 0.15) is 11.5 Å². The number of carboxylic acids is 1. The maximum atomic E-state index is 11.6. The predicted molar refractivity (Wildman–Crippen MR) is 84.1 cm³/mol. The van der Waals surface area contributed by atoms with E-state index in [1.165, 1.54) is 18.4 Å². The first-order chi connectivity index (χ1) is 10.1. The van der Waals surface area contributed by atoms with E-state index in [4.69, 9.17) is 9.47 Å². The van der Waals surface area contributed by atoms with Crippen molar-refractivity contribution in [2.75, 3.05) is 14.2 Å². The third-order valence-electron chi connectivity index (χ3n) is 3.10. The quantitative estimate of drug-likeness (QED) is 0.856. The average Bonchev–Trinajstić information content (AvgIpc) is 2.89. The van der Waals surface area contributed by atoms with Crippen LogP contribution in [0, 0.1) is 6.92 Å². The number of hydrogen-bond acceptors (Lipinski definition) is 4. The molecule has 1 N–H and O–H groups in total. The second kappa shape index (κ2) is 6.45. The summed E-state index contributed by atoms with van der Waals surface area (Å²) in [5.74, 6) is 0.0777. The van der Waals surface area contributed by atoms with Crippen LogP contribution in [0.4, 0.5) is 0 Å². The Balaban J connectivity index is 2.60. The molecule has 0 saturated carbocycles. The van der Waals surface area contributed by atoms with Gasteiger partial charge < -0.3 is 14.6 Å². The summed E-state index contributed by atoms with van der Waals surface area (Å²) in [6, 6.07) is 7.06. The molecule has 0 spiro atoms. The predicted octanol–water partition coefficient (Wildman–Crippen LogP) is 3.70. The van der Waals surface area contributed by atoms with E-state index in [-0.39, 0.29) is 5.57 Å². The van der Waals surface area contributed by atoms with Gasteiger partial charge in [-0.05, 0) is 48.2 Å². The van der Waals surface area contributed by atoms with Gasteiger partial charge in [0.25, 0.3) is 0 Å². The van der Waals surface area contributed by atoms with Crippen LogP contribution in [0.15, 0.2) is 29.6 Å². The average molecular weight is 304 g/mol. The number of hydrogen-bond donors (Lipinski definition) is 1. The Bertz CT molecular complexity index is 685. The zero-order valence-electron chi connectivity index (χ0n) is 12.0. The van der Waals surface area contributed by atoms with E-state index in [0.29, 0.717) is 17.1 Å². The molecular formula is C16H16O4S. The summed E-state index contributed by atoms with van der Waals surface area (Å²) in [6.45, 7) is 1.95. The number of rotatable bonds is 5. The fourth-order valence-corrected chi connectivity index (χ4v) is 2.80. The highest BCUT2D eigenvalue weighted by Crippen LogP contribution is 2.32. The van der Waals surface area contributed by atoms with Gasteiger partial charge >= 0.3 is 5.97 Å². The molecule has 0 aliphatic carbocycles. The maximum Gasteiger partial charge on any atom is 0.336 e. The van der Waals surface area contributed by atoms with E-state index in [1.807, 2.05) is 18.4 Å². The Morgan fingerprint density at radius 1 is 1.24 bits per heavy atom. The van der Waals surface area contributed by atoms with Crippen molar-refractivity contribution in [1.29, 1.82) is 0 Å². The Morgan fingerprint density at radius 3 is 2.52 bits per heavy atom. The van der Waals surface area contributed by atoms with Crippen LogP contribution in [-0.2, 0) is 4.79 Å². The van der Waals surface area contributed by atoms with E-state index in [0.717, 1.165) is 10.4 Å². The first kappa shape index (κ1) is 15.1. The van der Waals surface area contributed by atoms with Gasteiger partial charge in [-0.2, -0.15) is 0 Å². The van der Waals surface area contributed by atoms with Gasteiger partial charge in [-0.25, -0.2) is 4.79 Å². The van der Waals surface area contributed by atoms with Gasteiger partial charge in [0.15, 0.2) is 0 Å². The molecule has 1 aromatic heterocycles. The SMILES string of the molecule is COc1ccc(OC)c(/C(=C/c2sccc2C)C(=O)O)c1. The second-order valence-electron chi connectivity index (χ2n) is 4.40. The number of thiophene rings is 1. The molecule has 0 aliphatic heterocycles. The molecule has 1 aromatic carbocycles. The van der Waals surface area contributed by atoms with E-state index in [2.05, 4.69) is 0 Å². The monoisotopic (exact) mass is 304 g/mol. The minimum absolute atomic E-state index is 0.177. The molecule has 0 bridgehead atoms. The van der Waals surface area contributed by atoms with Crippen molar-refractivity contribution >= 4 is 29.0 Å². The van der Waals surface area contributed by atoms with Gasteiger partial charge in [-0.1, -0.05) is 0 Å². The van der Waals surface area contributed by atoms with Crippen LogP contribution in [0.25, 0.3) is 11.6 Å². The molecule has 4 nitrogen and oxygen atoms in total. The number of ether oxygens (including phenoxy) is 2. The van der Waals surface area contributed by atoms with E-state index < -0.39 is 5.97 Å². The van der Waals surface area contributed by atoms with E-state index >= 15 is 0 Å². The Hall–Kier alpha value is -2.27. The van der Waals surface area contributed by atoms with E-state index in [9.17, 15) is 9.90 Å². The number of carboxylic acid groups (broad SMARTS) is 1. The zero-order chi connectivity index (χ0) is 15.4. The summed E-state index contributed by atoms with van der Waals surface area (Å²) >= 11 is 1.50. The van der Waals surface area contributed by atoms with Crippen molar-refractivity contribution < 1.29 is 19.4 Å². The molecule has 1 heterocycles. The van der Waals surface area contributed by atoms with Gasteiger partial charge in [0.2, 0.25) is 0 Å². The van der Waals surface area contributed by atoms with Crippen LogP contribution in [0.3, 0.4) is 0 Å². The molecular weight excluding hydrogens is 288 g/mol. The topological polar surface area (TPSA) is 55.8 Å². The Morgan fingerprint density at radius 2 is 2.00 bits per heavy atom. The van der Waals surface area contributed by atoms with Gasteiger partial charge in [0, 0.05) is 10.4 Å². The van der Waals surface area contributed by atoms with E-state index in [1.54, 1.807) is 31.4 Å². The minimum Gasteiger partial charge on any atom is -0.497 e. The number of carbonyl (C=O) groups is 1. The van der Waals surface area contributed by atoms with Crippen LogP contribution >= 0.6 is 11.3 Å². The standard InChI is InChI=1S/C16H16O4S/c1-10-6-7-21-15(10)9-13(16(17)18)12-8-11(19-2)4-5-14(12)20-3/h4-9H,1-3H3,(H,17,18)/b13-9-. The molecule has 0 atom stereocenters. The molecule has 2 aromatic rings. The molecule has 0 aliphatic rings. The van der Waals surface area contributed by atoms with Crippen LogP contribution in [0.1, 0.15) is 16.0 Å². The van der Waals surface area contributed by atoms with Crippen molar-refractivity contribution in [2.24, 2.45) is 0 Å². The van der Waals surface area contributed by atoms with Gasteiger partial charge in [0.05, 0.1) is 19.8 Å². The Kier molecular flexibility index (Phi) is 4.65. The van der Waals surface area contributed by atoms with Crippen molar-refractivity contribution in [2.45, 2.75) is 6.92 Å². The molecule has 21 heavy (non-hydrogen) atoms. The molecule has 0 amide bonds. The lowest BCUT2D eigenvalue weighted by Gasteiger charge is -2.11. The number of methoxy groups -OCH3 is 2. The zero-order valence-corrected chi connectivity index (χ0v) is 12.9. The normalized spacial score (nSPS) is 11.3. The van der Waals surface area contributed by atoms with Crippen molar-refractivity contribution in [3.05, 3.63) is 45.6 Å².